The Kier molecular flexibility index (Phi) is 10.0. The summed E-state index contributed by atoms with van der Waals surface area (Å²) in [5, 5.41) is 11.6. The maximum Gasteiger partial charge on any atom is 0.308 e. The van der Waals surface area contributed by atoms with E-state index in [-0.39, 0.29) is 35.2 Å². The Morgan fingerprint density at radius 3 is 2.28 bits per heavy atom. The van der Waals surface area contributed by atoms with Gasteiger partial charge < -0.3 is 14.6 Å². The van der Waals surface area contributed by atoms with Gasteiger partial charge in [0.2, 0.25) is 0 Å². The van der Waals surface area contributed by atoms with Crippen molar-refractivity contribution in [3.05, 3.63) is 125 Å². The largest absolute Gasteiger partial charge is 0.508 e. The molecule has 2 bridgehead atoms. The number of phenolic OH excluding ortho intramolecular Hbond substituents is 1. The highest BCUT2D eigenvalue weighted by Gasteiger charge is 2.67. The molecule has 282 valence electrons. The van der Waals surface area contributed by atoms with E-state index in [1.54, 1.807) is 6.07 Å². The molecule has 2 saturated carbocycles. The van der Waals surface area contributed by atoms with Crippen molar-refractivity contribution in [2.75, 3.05) is 26.2 Å². The van der Waals surface area contributed by atoms with Crippen molar-refractivity contribution in [2.45, 2.75) is 107 Å². The maximum absolute atomic E-state index is 12.4. The van der Waals surface area contributed by atoms with Gasteiger partial charge in [0.05, 0.1) is 0 Å². The van der Waals surface area contributed by atoms with Crippen molar-refractivity contribution in [1.29, 1.82) is 0 Å². The SMILES string of the molecule is CC(=O)Oc1cc(O)c2c3c1O[C@H]1[C@H](N(CCCCCCc4ccccc4)CC(c4ccccc4)c4ccccc4)CC[C@H]4[C@@H](C2)N(CC2CC2)CC[C@@]341. The molecule has 2 aliphatic heterocycles. The molecule has 4 aromatic rings. The lowest BCUT2D eigenvalue weighted by atomic mass is 9.50. The molecular weight excluding hydrogens is 669 g/mol. The molecule has 6 nitrogen and oxygen atoms in total. The highest BCUT2D eigenvalue weighted by atomic mass is 16.6. The molecule has 54 heavy (non-hydrogen) atoms. The molecule has 1 spiro atoms. The molecule has 2 heterocycles. The zero-order valence-electron chi connectivity index (χ0n) is 31.9. The third kappa shape index (κ3) is 6.74. The van der Waals surface area contributed by atoms with E-state index in [4.69, 9.17) is 9.47 Å². The number of aromatic hydroxyl groups is 1. The molecule has 0 amide bonds. The van der Waals surface area contributed by atoms with E-state index in [2.05, 4.69) is 101 Å². The van der Waals surface area contributed by atoms with Crippen LogP contribution in [0.15, 0.2) is 97.1 Å². The molecule has 5 atom stereocenters. The zero-order valence-corrected chi connectivity index (χ0v) is 31.9. The van der Waals surface area contributed by atoms with Crippen molar-refractivity contribution in [1.82, 2.24) is 9.80 Å². The Hall–Kier alpha value is -4.13. The molecule has 1 saturated heterocycles. The lowest BCUT2D eigenvalue weighted by Crippen LogP contribution is -2.69. The van der Waals surface area contributed by atoms with Crippen LogP contribution < -0.4 is 9.47 Å². The van der Waals surface area contributed by atoms with Gasteiger partial charge in [-0.3, -0.25) is 14.6 Å². The normalized spacial score (nSPS) is 25.4. The topological polar surface area (TPSA) is 62.2 Å². The molecule has 0 unspecified atom stereocenters. The van der Waals surface area contributed by atoms with Gasteiger partial charge in [-0.05, 0) is 99.4 Å². The number of hydrogen-bond donors (Lipinski definition) is 1. The highest BCUT2D eigenvalue weighted by molar-refractivity contribution is 5.73. The van der Waals surface area contributed by atoms with Crippen molar-refractivity contribution < 1.29 is 19.4 Å². The van der Waals surface area contributed by atoms with Crippen molar-refractivity contribution in [3.63, 3.8) is 0 Å². The number of benzene rings is 4. The minimum atomic E-state index is -0.384. The first-order chi connectivity index (χ1) is 26.5. The summed E-state index contributed by atoms with van der Waals surface area (Å²) >= 11 is 0. The van der Waals surface area contributed by atoms with E-state index in [0.29, 0.717) is 17.7 Å². The van der Waals surface area contributed by atoms with Gasteiger partial charge in [0.25, 0.3) is 0 Å². The molecule has 4 aromatic carbocycles. The summed E-state index contributed by atoms with van der Waals surface area (Å²) in [6, 6.07) is 35.2. The summed E-state index contributed by atoms with van der Waals surface area (Å²) in [5.74, 6) is 2.47. The van der Waals surface area contributed by atoms with E-state index in [1.165, 1.54) is 62.3 Å². The van der Waals surface area contributed by atoms with Gasteiger partial charge in [0.1, 0.15) is 11.9 Å². The lowest BCUT2D eigenvalue weighted by molar-refractivity contribution is -0.132. The summed E-state index contributed by atoms with van der Waals surface area (Å²) in [5.41, 5.74) is 6.08. The maximum atomic E-state index is 12.4. The van der Waals surface area contributed by atoms with Crippen LogP contribution in [-0.2, 0) is 23.1 Å². The number of nitrogens with zero attached hydrogens (tertiary/aromatic N) is 2. The number of piperidine rings is 1. The van der Waals surface area contributed by atoms with E-state index >= 15 is 0 Å². The van der Waals surface area contributed by atoms with Crippen LogP contribution in [0.3, 0.4) is 0 Å². The first-order valence-electron chi connectivity index (χ1n) is 20.9. The number of esters is 1. The molecule has 0 aromatic heterocycles. The van der Waals surface area contributed by atoms with Crippen LogP contribution in [0.5, 0.6) is 17.2 Å². The average molecular weight is 725 g/mol. The number of rotatable bonds is 15. The lowest BCUT2D eigenvalue weighted by Gasteiger charge is -2.60. The predicted octanol–water partition coefficient (Wildman–Crippen LogP) is 9.07. The molecular formula is C48H56N2O4. The fourth-order valence-electron chi connectivity index (χ4n) is 11.2. The van der Waals surface area contributed by atoms with Crippen LogP contribution in [0, 0.1) is 11.8 Å². The van der Waals surface area contributed by atoms with Gasteiger partial charge in [0.15, 0.2) is 11.5 Å². The second kappa shape index (κ2) is 15.2. The highest BCUT2D eigenvalue weighted by Crippen LogP contribution is 2.66. The Morgan fingerprint density at radius 2 is 1.59 bits per heavy atom. The number of carbonyl (C=O) groups excluding carboxylic acids is 1. The zero-order chi connectivity index (χ0) is 36.6. The second-order valence-electron chi connectivity index (χ2n) is 17.0. The number of carbonyl (C=O) groups is 1. The number of unbranched alkanes of at least 4 members (excludes halogenated alkanes) is 3. The smallest absolute Gasteiger partial charge is 0.308 e. The third-order valence-electron chi connectivity index (χ3n) is 13.7. The minimum Gasteiger partial charge on any atom is -0.508 e. The summed E-state index contributed by atoms with van der Waals surface area (Å²) in [6.45, 7) is 5.59. The van der Waals surface area contributed by atoms with Crippen molar-refractivity contribution >= 4 is 5.97 Å². The van der Waals surface area contributed by atoms with Crippen LogP contribution in [0.4, 0.5) is 0 Å². The fourth-order valence-corrected chi connectivity index (χ4v) is 11.2. The van der Waals surface area contributed by atoms with Gasteiger partial charge in [0, 0.05) is 60.6 Å². The molecule has 1 N–H and O–H groups in total. The molecule has 6 heteroatoms. The monoisotopic (exact) mass is 724 g/mol. The molecule has 0 radical (unpaired) electrons. The number of likely N-dealkylation sites (tertiary alicyclic amines) is 1. The van der Waals surface area contributed by atoms with Crippen molar-refractivity contribution in [2.24, 2.45) is 11.8 Å². The minimum absolute atomic E-state index is 0.0720. The van der Waals surface area contributed by atoms with Crippen LogP contribution in [0.25, 0.3) is 0 Å². The molecule has 9 rings (SSSR count). The molecule has 3 fully saturated rings. The Morgan fingerprint density at radius 1 is 0.907 bits per heavy atom. The third-order valence-corrected chi connectivity index (χ3v) is 13.7. The van der Waals surface area contributed by atoms with Crippen LogP contribution in [-0.4, -0.2) is 65.2 Å². The van der Waals surface area contributed by atoms with Gasteiger partial charge in [-0.1, -0.05) is 104 Å². The van der Waals surface area contributed by atoms with E-state index in [9.17, 15) is 9.90 Å². The molecule has 3 aliphatic carbocycles. The van der Waals surface area contributed by atoms with E-state index in [1.807, 2.05) is 0 Å². The van der Waals surface area contributed by atoms with Crippen LogP contribution >= 0.6 is 0 Å². The summed E-state index contributed by atoms with van der Waals surface area (Å²) < 4.78 is 13.2. The van der Waals surface area contributed by atoms with Gasteiger partial charge in [-0.15, -0.1) is 0 Å². The van der Waals surface area contributed by atoms with E-state index in [0.717, 1.165) is 81.0 Å². The van der Waals surface area contributed by atoms with Crippen LogP contribution in [0.1, 0.15) is 98.4 Å². The standard InChI is InChI=1S/C48H56N2O4/c1-33(51)53-44-30-43(52)38-29-42-40-24-25-41(47-48(40,45(38)46(44)54-47)26-28-50(42)31-35-22-23-35)49(27-14-3-2-7-15-34-16-8-4-9-17-34)32-39(36-18-10-5-11-19-36)37-20-12-6-13-21-37/h4-6,8-13,16-21,30,35,39-42,47,52H,2-3,7,14-15,22-29,31-32H2,1H3/t40-,41+,42+,47-,48-/m0/s1. The van der Waals surface area contributed by atoms with E-state index < -0.39 is 0 Å². The first kappa shape index (κ1) is 35.6. The van der Waals surface area contributed by atoms with Crippen LogP contribution in [0.2, 0.25) is 0 Å². The Balaban J connectivity index is 1.06. The Labute approximate surface area is 321 Å². The fraction of sp³-hybridized carbons (Fsp3) is 0.479. The molecule has 5 aliphatic rings. The number of phenols is 1. The predicted molar refractivity (Wildman–Crippen MR) is 213 cm³/mol. The summed E-state index contributed by atoms with van der Waals surface area (Å²) in [6.07, 6.45) is 12.6. The second-order valence-corrected chi connectivity index (χ2v) is 17.0. The average Bonchev–Trinajstić information content (AvgIpc) is 3.95. The number of aryl methyl sites for hydroxylation is 1. The van der Waals surface area contributed by atoms with Gasteiger partial charge in [-0.25, -0.2) is 0 Å². The number of ether oxygens (including phenoxy) is 2. The first-order valence-corrected chi connectivity index (χ1v) is 20.9. The summed E-state index contributed by atoms with van der Waals surface area (Å²) in [7, 11) is 0. The quantitative estimate of drug-likeness (QED) is 0.0750. The number of hydrogen-bond acceptors (Lipinski definition) is 6. The van der Waals surface area contributed by atoms with Gasteiger partial charge in [-0.2, -0.15) is 0 Å². The summed E-state index contributed by atoms with van der Waals surface area (Å²) in [4.78, 5) is 18.0. The van der Waals surface area contributed by atoms with Gasteiger partial charge >= 0.3 is 5.97 Å². The van der Waals surface area contributed by atoms with Crippen molar-refractivity contribution in [3.8, 4) is 17.2 Å². The Bertz CT molecular complexity index is 1870.